The average Bonchev–Trinajstić information content (AvgIpc) is 2.47. The Hall–Kier alpha value is -2.04. The Morgan fingerprint density at radius 3 is 2.33 bits per heavy atom. The van der Waals surface area contributed by atoms with Gasteiger partial charge in [0.15, 0.2) is 0 Å². The van der Waals surface area contributed by atoms with E-state index in [4.69, 9.17) is 9.84 Å². The van der Waals surface area contributed by atoms with Crippen molar-refractivity contribution in [3.8, 4) is 5.75 Å². The minimum atomic E-state index is -0.922. The highest BCUT2D eigenvalue weighted by Gasteiger charge is 2.31. The number of carboxylic acids is 1. The highest BCUT2D eigenvalue weighted by Crippen LogP contribution is 2.20. The number of hydrogen-bond donors (Lipinski definition) is 2. The molecular weight excluding hydrogens is 270 g/mol. The van der Waals surface area contributed by atoms with Crippen LogP contribution in [0.2, 0.25) is 0 Å². The summed E-state index contributed by atoms with van der Waals surface area (Å²) >= 11 is 0. The first kappa shape index (κ1) is 17.0. The summed E-state index contributed by atoms with van der Waals surface area (Å²) < 4.78 is 5.33. The number of hydrogen-bond acceptors (Lipinski definition) is 3. The van der Waals surface area contributed by atoms with Crippen LogP contribution in [0.4, 0.5) is 0 Å². The Balaban J connectivity index is 2.52. The molecule has 0 aliphatic carbocycles. The van der Waals surface area contributed by atoms with Crippen molar-refractivity contribution in [2.75, 3.05) is 13.2 Å². The van der Waals surface area contributed by atoms with E-state index < -0.39 is 11.4 Å². The Bertz CT molecular complexity index is 484. The molecule has 1 rings (SSSR count). The number of ether oxygens (including phenoxy) is 1. The number of carbonyl (C=O) groups excluding carboxylic acids is 1. The van der Waals surface area contributed by atoms with Gasteiger partial charge in [-0.15, -0.1) is 0 Å². The highest BCUT2D eigenvalue weighted by molar-refractivity contribution is 5.80. The monoisotopic (exact) mass is 293 g/mol. The molecule has 1 amide bonds. The lowest BCUT2D eigenvalue weighted by atomic mass is 9.87. The van der Waals surface area contributed by atoms with Crippen LogP contribution < -0.4 is 10.1 Å². The van der Waals surface area contributed by atoms with Crippen LogP contribution in [0.5, 0.6) is 5.75 Å². The molecule has 0 bridgehead atoms. The van der Waals surface area contributed by atoms with Crippen LogP contribution >= 0.6 is 0 Å². The average molecular weight is 293 g/mol. The Labute approximate surface area is 125 Å². The molecule has 1 unspecified atom stereocenters. The van der Waals surface area contributed by atoms with Crippen molar-refractivity contribution in [1.82, 2.24) is 5.32 Å². The summed E-state index contributed by atoms with van der Waals surface area (Å²) in [4.78, 5) is 23.0. The molecule has 116 valence electrons. The third-order valence-electron chi connectivity index (χ3n) is 3.57. The number of amides is 1. The van der Waals surface area contributed by atoms with Gasteiger partial charge in [-0.2, -0.15) is 0 Å². The van der Waals surface area contributed by atoms with Crippen molar-refractivity contribution in [1.29, 1.82) is 0 Å². The molecule has 1 aromatic carbocycles. The molecule has 5 heteroatoms. The molecule has 0 aliphatic heterocycles. The van der Waals surface area contributed by atoms with Gasteiger partial charge in [0.1, 0.15) is 5.75 Å². The van der Waals surface area contributed by atoms with Crippen molar-refractivity contribution in [2.45, 2.75) is 33.6 Å². The second-order valence-electron chi connectivity index (χ2n) is 5.25. The third-order valence-corrected chi connectivity index (χ3v) is 3.57. The van der Waals surface area contributed by atoms with Gasteiger partial charge in [0.2, 0.25) is 5.91 Å². The quantitative estimate of drug-likeness (QED) is 0.771. The molecule has 0 radical (unpaired) electrons. The van der Waals surface area contributed by atoms with Gasteiger partial charge in [-0.25, -0.2) is 0 Å². The van der Waals surface area contributed by atoms with E-state index >= 15 is 0 Å². The number of nitrogens with one attached hydrogen (secondary N) is 1. The molecule has 0 saturated carbocycles. The van der Waals surface area contributed by atoms with E-state index in [-0.39, 0.29) is 18.9 Å². The third kappa shape index (κ3) is 5.10. The number of aliphatic carboxylic acids is 1. The van der Waals surface area contributed by atoms with E-state index in [1.54, 1.807) is 13.8 Å². The van der Waals surface area contributed by atoms with Crippen molar-refractivity contribution < 1.29 is 19.4 Å². The number of carboxylic acid groups (broad SMARTS) is 1. The zero-order valence-electron chi connectivity index (χ0n) is 12.8. The predicted octanol–water partition coefficient (Wildman–Crippen LogP) is 2.24. The van der Waals surface area contributed by atoms with Gasteiger partial charge in [-0.3, -0.25) is 9.59 Å². The van der Waals surface area contributed by atoms with Crippen LogP contribution in [0.15, 0.2) is 24.3 Å². The number of rotatable bonds is 8. The first-order chi connectivity index (χ1) is 9.91. The minimum absolute atomic E-state index is 0.134. The first-order valence-corrected chi connectivity index (χ1v) is 7.13. The molecule has 1 aromatic rings. The molecular formula is C16H23NO4. The summed E-state index contributed by atoms with van der Waals surface area (Å²) in [5, 5.41) is 11.8. The molecule has 21 heavy (non-hydrogen) atoms. The zero-order chi connectivity index (χ0) is 15.9. The fourth-order valence-corrected chi connectivity index (χ4v) is 1.76. The van der Waals surface area contributed by atoms with Crippen LogP contribution in [0.25, 0.3) is 0 Å². The van der Waals surface area contributed by atoms with E-state index in [1.165, 1.54) is 0 Å². The van der Waals surface area contributed by atoms with E-state index in [1.807, 2.05) is 31.2 Å². The van der Waals surface area contributed by atoms with E-state index in [0.29, 0.717) is 13.0 Å². The van der Waals surface area contributed by atoms with Crippen LogP contribution in [-0.2, 0) is 16.0 Å². The minimum Gasteiger partial charge on any atom is -0.494 e. The molecule has 0 aromatic heterocycles. The lowest BCUT2D eigenvalue weighted by Crippen LogP contribution is -2.41. The maximum atomic E-state index is 11.9. The summed E-state index contributed by atoms with van der Waals surface area (Å²) in [6, 6.07) is 7.31. The highest BCUT2D eigenvalue weighted by atomic mass is 16.5. The van der Waals surface area contributed by atoms with E-state index in [2.05, 4.69) is 5.32 Å². The smallest absolute Gasteiger partial charge is 0.311 e. The Morgan fingerprint density at radius 1 is 1.24 bits per heavy atom. The van der Waals surface area contributed by atoms with Gasteiger partial charge < -0.3 is 15.2 Å². The second-order valence-corrected chi connectivity index (χ2v) is 5.25. The van der Waals surface area contributed by atoms with Crippen LogP contribution in [-0.4, -0.2) is 30.1 Å². The largest absolute Gasteiger partial charge is 0.494 e. The summed E-state index contributed by atoms with van der Waals surface area (Å²) in [5.74, 6) is -0.308. The molecule has 2 N–H and O–H groups in total. The maximum absolute atomic E-state index is 11.9. The maximum Gasteiger partial charge on any atom is 0.311 e. The molecule has 0 saturated heterocycles. The van der Waals surface area contributed by atoms with Gasteiger partial charge in [-0.05, 0) is 38.0 Å². The normalized spacial score (nSPS) is 13.3. The second kappa shape index (κ2) is 7.67. The van der Waals surface area contributed by atoms with Crippen LogP contribution in [0.3, 0.4) is 0 Å². The molecule has 0 heterocycles. The van der Waals surface area contributed by atoms with Gasteiger partial charge in [-0.1, -0.05) is 19.1 Å². The summed E-state index contributed by atoms with van der Waals surface area (Å²) in [6.07, 6.45) is 0.692. The predicted molar refractivity (Wildman–Crippen MR) is 80.4 cm³/mol. The number of carbonyl (C=O) groups is 2. The van der Waals surface area contributed by atoms with Crippen LogP contribution in [0.1, 0.15) is 32.8 Å². The first-order valence-electron chi connectivity index (χ1n) is 7.13. The lowest BCUT2D eigenvalue weighted by Gasteiger charge is -2.23. The van der Waals surface area contributed by atoms with E-state index in [9.17, 15) is 9.59 Å². The van der Waals surface area contributed by atoms with E-state index in [0.717, 1.165) is 11.3 Å². The van der Waals surface area contributed by atoms with Crippen LogP contribution in [0, 0.1) is 5.41 Å². The Morgan fingerprint density at radius 2 is 1.86 bits per heavy atom. The number of benzene rings is 1. The lowest BCUT2D eigenvalue weighted by molar-refractivity contribution is -0.148. The molecule has 0 aliphatic rings. The fourth-order valence-electron chi connectivity index (χ4n) is 1.76. The van der Waals surface area contributed by atoms with Crippen molar-refractivity contribution in [2.24, 2.45) is 5.41 Å². The topological polar surface area (TPSA) is 75.6 Å². The molecule has 5 nitrogen and oxygen atoms in total. The molecule has 0 spiro atoms. The fraction of sp³-hybridized carbons (Fsp3) is 0.500. The van der Waals surface area contributed by atoms with Gasteiger partial charge in [0.05, 0.1) is 18.4 Å². The summed E-state index contributed by atoms with van der Waals surface area (Å²) in [6.45, 7) is 6.08. The SMILES string of the molecule is CCOc1ccc(CC(=O)NCC(C)(CC)C(=O)O)cc1. The molecule has 0 fully saturated rings. The summed E-state index contributed by atoms with van der Waals surface area (Å²) in [5.41, 5.74) is -0.0569. The standard InChI is InChI=1S/C16H23NO4/c1-4-16(3,15(19)20)11-17-14(18)10-12-6-8-13(9-7-12)21-5-2/h6-9H,4-5,10-11H2,1-3H3,(H,17,18)(H,19,20). The van der Waals surface area contributed by atoms with Crippen molar-refractivity contribution >= 4 is 11.9 Å². The summed E-state index contributed by atoms with van der Waals surface area (Å²) in [7, 11) is 0. The van der Waals surface area contributed by atoms with Crippen molar-refractivity contribution in [3.63, 3.8) is 0 Å². The zero-order valence-corrected chi connectivity index (χ0v) is 12.8. The Kier molecular flexibility index (Phi) is 6.21. The van der Waals surface area contributed by atoms with Gasteiger partial charge in [0, 0.05) is 6.54 Å². The van der Waals surface area contributed by atoms with Gasteiger partial charge in [0.25, 0.3) is 0 Å². The molecule has 1 atom stereocenters. The van der Waals surface area contributed by atoms with Gasteiger partial charge >= 0.3 is 5.97 Å². The van der Waals surface area contributed by atoms with Crippen molar-refractivity contribution in [3.05, 3.63) is 29.8 Å².